The Hall–Kier alpha value is -3.55. The number of furan rings is 1. The fourth-order valence-electron chi connectivity index (χ4n) is 3.18. The summed E-state index contributed by atoms with van der Waals surface area (Å²) in [6.45, 7) is 0.905. The molecule has 0 bridgehead atoms. The van der Waals surface area contributed by atoms with Gasteiger partial charge in [-0.15, -0.1) is 0 Å². The van der Waals surface area contributed by atoms with Crippen LogP contribution in [0.3, 0.4) is 0 Å². The van der Waals surface area contributed by atoms with E-state index in [0.717, 1.165) is 23.3 Å². The molecule has 0 aliphatic carbocycles. The third kappa shape index (κ3) is 4.16. The van der Waals surface area contributed by atoms with Gasteiger partial charge in [0.1, 0.15) is 5.76 Å². The summed E-state index contributed by atoms with van der Waals surface area (Å²) in [6.07, 6.45) is -1.50. The van der Waals surface area contributed by atoms with E-state index in [2.05, 4.69) is 10.5 Å². The number of benzene rings is 2. The highest BCUT2D eigenvalue weighted by molar-refractivity contribution is 5.95. The second-order valence-corrected chi connectivity index (χ2v) is 6.60. The van der Waals surface area contributed by atoms with Gasteiger partial charge in [-0.2, -0.15) is 18.3 Å². The Balaban J connectivity index is 1.46. The quantitative estimate of drug-likeness (QED) is 0.516. The number of carbonyl (C=O) groups excluding carboxylic acids is 1. The smallest absolute Gasteiger partial charge is 0.416 e. The van der Waals surface area contributed by atoms with Gasteiger partial charge in [-0.3, -0.25) is 4.79 Å². The van der Waals surface area contributed by atoms with Gasteiger partial charge in [-0.25, -0.2) is 5.43 Å². The largest absolute Gasteiger partial charge is 0.463 e. The average molecular weight is 399 g/mol. The van der Waals surface area contributed by atoms with Gasteiger partial charge in [0.2, 0.25) is 0 Å². The highest BCUT2D eigenvalue weighted by atomic mass is 19.4. The van der Waals surface area contributed by atoms with Gasteiger partial charge in [0.25, 0.3) is 5.91 Å². The number of carbonyl (C=O) groups is 1. The molecular formula is C21H16F3N3O2. The lowest BCUT2D eigenvalue weighted by Crippen LogP contribution is -2.18. The van der Waals surface area contributed by atoms with Crippen LogP contribution in [-0.4, -0.2) is 12.1 Å². The van der Waals surface area contributed by atoms with Crippen molar-refractivity contribution in [3.8, 4) is 0 Å². The number of rotatable bonds is 4. The molecule has 148 valence electrons. The molecule has 0 unspecified atom stereocenters. The van der Waals surface area contributed by atoms with E-state index in [1.165, 1.54) is 18.5 Å². The van der Waals surface area contributed by atoms with Crippen molar-refractivity contribution in [3.63, 3.8) is 0 Å². The summed E-state index contributed by atoms with van der Waals surface area (Å²) in [4.78, 5) is 14.1. The Kier molecular flexibility index (Phi) is 4.84. The number of anilines is 1. The normalized spacial score (nSPS) is 13.7. The van der Waals surface area contributed by atoms with Crippen molar-refractivity contribution in [2.24, 2.45) is 5.10 Å². The predicted molar refractivity (Wildman–Crippen MR) is 102 cm³/mol. The number of halogens is 3. The van der Waals surface area contributed by atoms with Crippen LogP contribution in [-0.2, 0) is 19.3 Å². The van der Waals surface area contributed by atoms with Gasteiger partial charge in [-0.1, -0.05) is 12.1 Å². The number of nitrogens with one attached hydrogen (secondary N) is 1. The molecule has 0 saturated carbocycles. The lowest BCUT2D eigenvalue weighted by atomic mass is 10.1. The van der Waals surface area contributed by atoms with Crippen molar-refractivity contribution < 1.29 is 22.4 Å². The summed E-state index contributed by atoms with van der Waals surface area (Å²) in [5.74, 6) is 0.129. The Morgan fingerprint density at radius 1 is 1.07 bits per heavy atom. The first-order valence-electron chi connectivity index (χ1n) is 8.81. The van der Waals surface area contributed by atoms with Crippen LogP contribution in [0.15, 0.2) is 70.4 Å². The number of hydrazone groups is 1. The molecule has 4 rings (SSSR count). The molecule has 0 spiro atoms. The van der Waals surface area contributed by atoms with Gasteiger partial charge >= 0.3 is 6.18 Å². The lowest BCUT2D eigenvalue weighted by molar-refractivity contribution is -0.137. The molecular weight excluding hydrogens is 383 g/mol. The molecule has 29 heavy (non-hydrogen) atoms. The number of nitrogens with zero attached hydrogens (tertiary/aromatic N) is 2. The molecule has 2 heterocycles. The molecule has 1 aliphatic heterocycles. The van der Waals surface area contributed by atoms with Gasteiger partial charge < -0.3 is 9.32 Å². The Morgan fingerprint density at radius 2 is 1.90 bits per heavy atom. The number of hydrogen-bond acceptors (Lipinski definition) is 4. The lowest BCUT2D eigenvalue weighted by Gasteiger charge is -2.19. The standard InChI is InChI=1S/C21H16F3N3O2/c22-21(23,24)17-3-1-4-18(10-17)27-12-15-7-6-14(9-16(15)13-27)20(28)26-25-11-19-5-2-8-29-19/h1-11H,12-13H2,(H,26,28)/b25-11-. The summed E-state index contributed by atoms with van der Waals surface area (Å²) in [5.41, 5.74) is 4.52. The van der Waals surface area contributed by atoms with E-state index in [0.29, 0.717) is 30.1 Å². The van der Waals surface area contributed by atoms with E-state index in [1.54, 1.807) is 30.3 Å². The van der Waals surface area contributed by atoms with E-state index in [-0.39, 0.29) is 5.91 Å². The SMILES string of the molecule is O=C(N/N=C\c1ccco1)c1ccc2c(c1)CN(c1cccc(C(F)(F)F)c1)C2. The number of amides is 1. The zero-order chi connectivity index (χ0) is 20.4. The van der Waals surface area contributed by atoms with Crippen LogP contribution in [0.1, 0.15) is 32.8 Å². The first kappa shape index (κ1) is 18.8. The van der Waals surface area contributed by atoms with E-state index >= 15 is 0 Å². The van der Waals surface area contributed by atoms with Crippen molar-refractivity contribution in [3.05, 3.63) is 88.9 Å². The van der Waals surface area contributed by atoms with E-state index in [1.807, 2.05) is 11.0 Å². The summed E-state index contributed by atoms with van der Waals surface area (Å²) in [5, 5.41) is 3.84. The number of fused-ring (bicyclic) bond motifs is 1. The zero-order valence-electron chi connectivity index (χ0n) is 15.1. The molecule has 0 fully saturated rings. The molecule has 1 aromatic heterocycles. The van der Waals surface area contributed by atoms with Crippen molar-refractivity contribution in [2.45, 2.75) is 19.3 Å². The van der Waals surface area contributed by atoms with Crippen molar-refractivity contribution in [1.29, 1.82) is 0 Å². The minimum absolute atomic E-state index is 0.381. The Morgan fingerprint density at radius 3 is 2.66 bits per heavy atom. The first-order valence-corrected chi connectivity index (χ1v) is 8.81. The highest BCUT2D eigenvalue weighted by Crippen LogP contribution is 2.34. The van der Waals surface area contributed by atoms with E-state index in [4.69, 9.17) is 4.42 Å². The first-order chi connectivity index (χ1) is 13.9. The topological polar surface area (TPSA) is 57.8 Å². The van der Waals surface area contributed by atoms with Gasteiger partial charge in [0.15, 0.2) is 0 Å². The van der Waals surface area contributed by atoms with Crippen LogP contribution in [0.5, 0.6) is 0 Å². The highest BCUT2D eigenvalue weighted by Gasteiger charge is 2.31. The fourth-order valence-corrected chi connectivity index (χ4v) is 3.18. The van der Waals surface area contributed by atoms with Crippen LogP contribution in [0.25, 0.3) is 0 Å². The predicted octanol–water partition coefficient (Wildman–Crippen LogP) is 4.58. The number of alkyl halides is 3. The van der Waals surface area contributed by atoms with Gasteiger partial charge in [0.05, 0.1) is 18.0 Å². The Labute approximate surface area is 164 Å². The summed E-state index contributed by atoms with van der Waals surface area (Å²) in [7, 11) is 0. The molecule has 0 atom stereocenters. The maximum Gasteiger partial charge on any atom is 0.416 e. The number of hydrogen-bond donors (Lipinski definition) is 1. The molecule has 8 heteroatoms. The molecule has 2 aromatic carbocycles. The molecule has 1 amide bonds. The minimum Gasteiger partial charge on any atom is -0.463 e. The second kappa shape index (κ2) is 7.46. The second-order valence-electron chi connectivity index (χ2n) is 6.60. The van der Waals surface area contributed by atoms with Crippen LogP contribution in [0, 0.1) is 0 Å². The van der Waals surface area contributed by atoms with Crippen LogP contribution >= 0.6 is 0 Å². The molecule has 3 aromatic rings. The van der Waals surface area contributed by atoms with Crippen molar-refractivity contribution in [1.82, 2.24) is 5.43 Å². The summed E-state index contributed by atoms with van der Waals surface area (Å²) in [6, 6.07) is 13.9. The molecule has 1 N–H and O–H groups in total. The van der Waals surface area contributed by atoms with Crippen LogP contribution in [0.2, 0.25) is 0 Å². The third-order valence-corrected chi connectivity index (χ3v) is 4.63. The van der Waals surface area contributed by atoms with Crippen LogP contribution < -0.4 is 10.3 Å². The maximum atomic E-state index is 13.0. The fraction of sp³-hybridized carbons (Fsp3) is 0.143. The molecule has 5 nitrogen and oxygen atoms in total. The molecule has 0 radical (unpaired) electrons. The summed E-state index contributed by atoms with van der Waals surface area (Å²) < 4.78 is 44.0. The monoisotopic (exact) mass is 399 g/mol. The third-order valence-electron chi connectivity index (χ3n) is 4.63. The van der Waals surface area contributed by atoms with E-state index in [9.17, 15) is 18.0 Å². The van der Waals surface area contributed by atoms with Gasteiger partial charge in [0, 0.05) is 24.3 Å². The summed E-state index contributed by atoms with van der Waals surface area (Å²) >= 11 is 0. The maximum absolute atomic E-state index is 13.0. The average Bonchev–Trinajstić information content (AvgIpc) is 3.36. The Bertz CT molecular complexity index is 1060. The van der Waals surface area contributed by atoms with E-state index < -0.39 is 11.7 Å². The van der Waals surface area contributed by atoms with Crippen molar-refractivity contribution in [2.75, 3.05) is 4.90 Å². The van der Waals surface area contributed by atoms with Crippen LogP contribution in [0.4, 0.5) is 18.9 Å². The van der Waals surface area contributed by atoms with Gasteiger partial charge in [-0.05, 0) is 53.6 Å². The minimum atomic E-state index is -4.38. The molecule has 1 aliphatic rings. The van der Waals surface area contributed by atoms with Crippen molar-refractivity contribution >= 4 is 17.8 Å². The molecule has 0 saturated heterocycles. The zero-order valence-corrected chi connectivity index (χ0v) is 15.1.